The second kappa shape index (κ2) is 11.2. The van der Waals surface area contributed by atoms with Crippen molar-refractivity contribution >= 4 is 29.3 Å². The molecule has 3 aliphatic carbocycles. The highest BCUT2D eigenvalue weighted by atomic mass is 16.3. The fraction of sp³-hybridized carbons (Fsp3) is 0.500. The summed E-state index contributed by atoms with van der Waals surface area (Å²) in [5, 5.41) is 77.9. The summed E-state index contributed by atoms with van der Waals surface area (Å²) in [5.74, 6) is -7.36. The van der Waals surface area contributed by atoms with Crippen molar-refractivity contribution in [3.63, 3.8) is 0 Å². The Morgan fingerprint density at radius 1 is 1.09 bits per heavy atom. The summed E-state index contributed by atoms with van der Waals surface area (Å²) in [5.41, 5.74) is -5.93. The zero-order valence-electron chi connectivity index (χ0n) is 25.5. The van der Waals surface area contributed by atoms with E-state index in [1.807, 2.05) is 4.90 Å². The molecule has 1 aromatic carbocycles. The number of aromatic hydroxyl groups is 1. The number of fused-ring (bicyclic) bond motifs is 3. The van der Waals surface area contributed by atoms with Gasteiger partial charge in [-0.2, -0.15) is 0 Å². The van der Waals surface area contributed by atoms with Gasteiger partial charge in [0.2, 0.25) is 5.78 Å². The van der Waals surface area contributed by atoms with Gasteiger partial charge in [-0.1, -0.05) is 12.1 Å². The average Bonchev–Trinajstić information content (AvgIpc) is 2.96. The van der Waals surface area contributed by atoms with Gasteiger partial charge in [0.25, 0.3) is 5.91 Å². The lowest BCUT2D eigenvalue weighted by molar-refractivity contribution is -0.152. The highest BCUT2D eigenvalue weighted by Crippen LogP contribution is 2.56. The maximum atomic E-state index is 14.0. The number of phenolic OH excluding ortho intramolecular Hbond substituents is 1. The number of ketones is 2. The first-order valence-electron chi connectivity index (χ1n) is 14.6. The number of carbonyl (C=O) groups is 3. The van der Waals surface area contributed by atoms with E-state index >= 15 is 0 Å². The third-order valence-corrected chi connectivity index (χ3v) is 9.46. The Kier molecular flexibility index (Phi) is 8.02. The Hall–Kier alpha value is -4.31. The van der Waals surface area contributed by atoms with Crippen LogP contribution in [0.4, 0.5) is 0 Å². The number of benzene rings is 1. The summed E-state index contributed by atoms with van der Waals surface area (Å²) < 4.78 is 0. The minimum atomic E-state index is -2.79. The molecule has 0 aromatic heterocycles. The topological polar surface area (TPSA) is 234 Å². The average molecular weight is 626 g/mol. The predicted octanol–water partition coefficient (Wildman–Crippen LogP) is -0.487. The van der Waals surface area contributed by atoms with Gasteiger partial charge in [0.05, 0.1) is 29.7 Å². The van der Waals surface area contributed by atoms with Crippen LogP contribution in [0.1, 0.15) is 36.2 Å². The third kappa shape index (κ3) is 4.95. The predicted molar refractivity (Wildman–Crippen MR) is 161 cm³/mol. The maximum Gasteiger partial charge on any atom is 0.259 e. The number of phenols is 1. The molecule has 5 rings (SSSR count). The number of amides is 1. The molecule has 0 radical (unpaired) electrons. The minimum absolute atomic E-state index is 0.0257. The molecule has 242 valence electrons. The zero-order valence-corrected chi connectivity index (χ0v) is 25.5. The minimum Gasteiger partial charge on any atom is -0.510 e. The quantitative estimate of drug-likeness (QED) is 0.117. The molecule has 15 heteroatoms. The normalized spacial score (nSPS) is 30.1. The van der Waals surface area contributed by atoms with Gasteiger partial charge in [0.1, 0.15) is 22.8 Å². The van der Waals surface area contributed by atoms with Crippen LogP contribution in [-0.2, 0) is 15.2 Å². The first-order valence-corrected chi connectivity index (χ1v) is 14.6. The number of nitrogens with zero attached hydrogens (tertiary/aromatic N) is 3. The number of Topliss-reactive ketones (excluding diaryl/α,β-unsaturated/α-hetero) is 2. The number of carbonyl (C=O) groups excluding carboxylic acids is 3. The van der Waals surface area contributed by atoms with E-state index in [2.05, 4.69) is 10.6 Å². The fourth-order valence-electron chi connectivity index (χ4n) is 7.15. The lowest BCUT2D eigenvalue weighted by Crippen LogP contribution is -2.65. The molecule has 1 aromatic rings. The van der Waals surface area contributed by atoms with E-state index in [4.69, 9.17) is 10.8 Å². The Balaban J connectivity index is 1.45. The van der Waals surface area contributed by atoms with Crippen LogP contribution in [0.3, 0.4) is 0 Å². The molecule has 4 aliphatic rings. The van der Waals surface area contributed by atoms with Gasteiger partial charge in [-0.15, -0.1) is 0 Å². The van der Waals surface area contributed by atoms with Crippen molar-refractivity contribution in [1.29, 1.82) is 10.8 Å². The van der Waals surface area contributed by atoms with Gasteiger partial charge in [-0.25, -0.2) is 0 Å². The van der Waals surface area contributed by atoms with Gasteiger partial charge >= 0.3 is 0 Å². The Morgan fingerprint density at radius 3 is 2.33 bits per heavy atom. The number of amidine groups is 1. The van der Waals surface area contributed by atoms with Crippen molar-refractivity contribution in [2.24, 2.45) is 11.8 Å². The lowest BCUT2D eigenvalue weighted by atomic mass is 9.55. The summed E-state index contributed by atoms with van der Waals surface area (Å²) in [4.78, 5) is 46.2. The first-order chi connectivity index (χ1) is 21.0. The van der Waals surface area contributed by atoms with Crippen LogP contribution in [0.25, 0.3) is 0 Å². The zero-order chi connectivity index (χ0) is 33.2. The molecule has 15 nitrogen and oxygen atoms in total. The van der Waals surface area contributed by atoms with E-state index in [9.17, 15) is 39.9 Å². The number of hydrogen-bond acceptors (Lipinski definition) is 12. The van der Waals surface area contributed by atoms with E-state index in [0.29, 0.717) is 26.2 Å². The largest absolute Gasteiger partial charge is 0.510 e. The molecule has 5 unspecified atom stereocenters. The monoisotopic (exact) mass is 625 g/mol. The number of guanidine groups is 1. The third-order valence-electron chi connectivity index (χ3n) is 9.46. The maximum absolute atomic E-state index is 14.0. The molecule has 0 saturated carbocycles. The summed E-state index contributed by atoms with van der Waals surface area (Å²) in [6.45, 7) is 4.67. The number of rotatable bonds is 4. The number of nitrogens with one attached hydrogen (secondary N) is 4. The van der Waals surface area contributed by atoms with Crippen LogP contribution in [0.2, 0.25) is 0 Å². The van der Waals surface area contributed by atoms with Gasteiger partial charge in [-0.05, 0) is 46.0 Å². The number of piperazine rings is 1. The van der Waals surface area contributed by atoms with Crippen molar-refractivity contribution in [3.8, 4) is 5.75 Å². The molecular weight excluding hydrogens is 586 g/mol. The molecule has 1 saturated heterocycles. The standard InChI is InChI=1S/C30H39N7O8/c1-14(31)34-28(32)37-10-8-36(9-11-37)13-33-27(43)21-24(40)22(35(3)4)17-12-16-20(25(41)30(17,45)26(21)42)23(39)19-15(29(16,2)44)6-5-7-18(19)38/h5-7,16-17,22,38,40-41,44-45H,8-13H2,1-4H3,(H,33,43)(H3,31,32,34). The van der Waals surface area contributed by atoms with Crippen LogP contribution < -0.4 is 10.6 Å². The number of aliphatic hydroxyl groups excluding tert-OH is 2. The number of hydrogen-bond donors (Lipinski definition) is 9. The molecule has 1 aliphatic heterocycles. The number of aliphatic hydroxyl groups is 4. The van der Waals surface area contributed by atoms with E-state index in [0.717, 1.165) is 0 Å². The van der Waals surface area contributed by atoms with Crippen LogP contribution in [-0.4, -0.2) is 128 Å². The Labute approximate surface area is 259 Å². The van der Waals surface area contributed by atoms with E-state index in [1.165, 1.54) is 36.9 Å². The van der Waals surface area contributed by atoms with Crippen molar-refractivity contribution in [2.75, 3.05) is 46.9 Å². The van der Waals surface area contributed by atoms with E-state index in [1.54, 1.807) is 19.0 Å². The van der Waals surface area contributed by atoms with Crippen molar-refractivity contribution in [3.05, 3.63) is 52.0 Å². The highest BCUT2D eigenvalue weighted by molar-refractivity contribution is 6.25. The van der Waals surface area contributed by atoms with Gasteiger partial charge in [0.15, 0.2) is 17.3 Å². The molecular formula is C30H39N7O8. The summed E-state index contributed by atoms with van der Waals surface area (Å²) in [6, 6.07) is 3.04. The SMILES string of the molecule is CC(=N)NC(=N)N1CCN(CNC(=O)C2=C(O)C(N(C)C)C3CC4C(=C(O)C3(O)C2=O)C(=O)c2c(O)cccc2C4(C)O)CC1. The Morgan fingerprint density at radius 2 is 1.73 bits per heavy atom. The molecule has 1 fully saturated rings. The van der Waals surface area contributed by atoms with Crippen LogP contribution in [0.5, 0.6) is 5.75 Å². The molecule has 1 amide bonds. The Bertz CT molecular complexity index is 1560. The molecule has 1 heterocycles. The fourth-order valence-corrected chi connectivity index (χ4v) is 7.15. The van der Waals surface area contributed by atoms with Crippen molar-refractivity contribution in [2.45, 2.75) is 37.5 Å². The van der Waals surface area contributed by atoms with E-state index < -0.39 is 75.0 Å². The van der Waals surface area contributed by atoms with Gasteiger partial charge in [-0.3, -0.25) is 35.0 Å². The molecule has 5 atom stereocenters. The smallest absolute Gasteiger partial charge is 0.259 e. The molecule has 9 N–H and O–H groups in total. The second-order valence-electron chi connectivity index (χ2n) is 12.5. The molecule has 0 spiro atoms. The van der Waals surface area contributed by atoms with Crippen molar-refractivity contribution < 1.29 is 39.9 Å². The van der Waals surface area contributed by atoms with Gasteiger partial charge in [0, 0.05) is 43.6 Å². The molecule has 0 bridgehead atoms. The van der Waals surface area contributed by atoms with E-state index in [-0.39, 0.29) is 36.0 Å². The summed E-state index contributed by atoms with van der Waals surface area (Å²) >= 11 is 0. The lowest BCUT2D eigenvalue weighted by Gasteiger charge is -2.52. The number of likely N-dealkylation sites (N-methyl/N-ethyl adjacent to an activating group) is 1. The molecule has 45 heavy (non-hydrogen) atoms. The van der Waals surface area contributed by atoms with Crippen LogP contribution in [0.15, 0.2) is 40.9 Å². The summed E-state index contributed by atoms with van der Waals surface area (Å²) in [7, 11) is 3.12. The van der Waals surface area contributed by atoms with Crippen LogP contribution in [0, 0.1) is 22.7 Å². The van der Waals surface area contributed by atoms with Gasteiger partial charge < -0.3 is 41.1 Å². The van der Waals surface area contributed by atoms with Crippen LogP contribution >= 0.6 is 0 Å². The summed E-state index contributed by atoms with van der Waals surface area (Å²) in [6.07, 6.45) is -0.219. The second-order valence-corrected chi connectivity index (χ2v) is 12.5. The first kappa shape index (κ1) is 32.1. The highest BCUT2D eigenvalue weighted by Gasteiger charge is 2.65. The van der Waals surface area contributed by atoms with Crippen molar-refractivity contribution in [1.82, 2.24) is 25.3 Å².